The Hall–Kier alpha value is -2.23. The van der Waals surface area contributed by atoms with Crippen molar-refractivity contribution in [1.29, 1.82) is 0 Å². The zero-order chi connectivity index (χ0) is 15.2. The molecule has 0 aromatic heterocycles. The Balaban J connectivity index is 2.27. The number of allylic oxidation sites excluding steroid dienone is 1. The van der Waals surface area contributed by atoms with Gasteiger partial charge in [0, 0.05) is 0 Å². The van der Waals surface area contributed by atoms with E-state index in [1.807, 2.05) is 18.2 Å². The lowest BCUT2D eigenvalue weighted by Gasteiger charge is -2.08. The summed E-state index contributed by atoms with van der Waals surface area (Å²) in [5.41, 5.74) is 2.19. The number of halogens is 3. The topological polar surface area (TPSA) is 9.23 Å². The smallest absolute Gasteiger partial charge is 0.228 e. The Morgan fingerprint density at radius 1 is 1.00 bits per heavy atom. The third kappa shape index (κ3) is 3.66. The van der Waals surface area contributed by atoms with Gasteiger partial charge in [-0.25, -0.2) is 13.2 Å². The molecule has 0 aliphatic carbocycles. The first-order chi connectivity index (χ1) is 10.2. The van der Waals surface area contributed by atoms with Gasteiger partial charge in [0.25, 0.3) is 0 Å². The summed E-state index contributed by atoms with van der Waals surface area (Å²) < 4.78 is 43.7. The van der Waals surface area contributed by atoms with Crippen molar-refractivity contribution >= 4 is 0 Å². The van der Waals surface area contributed by atoms with Crippen LogP contribution in [0.15, 0.2) is 49.1 Å². The van der Waals surface area contributed by atoms with Crippen LogP contribution in [0.25, 0.3) is 11.1 Å². The quantitative estimate of drug-likeness (QED) is 0.676. The summed E-state index contributed by atoms with van der Waals surface area (Å²) in [6, 6.07) is 9.66. The maximum absolute atomic E-state index is 13.7. The average Bonchev–Trinajstić information content (AvgIpc) is 2.49. The maximum atomic E-state index is 13.7. The van der Waals surface area contributed by atoms with Crippen molar-refractivity contribution in [3.05, 3.63) is 66.3 Å². The van der Waals surface area contributed by atoms with Crippen molar-refractivity contribution in [3.63, 3.8) is 0 Å². The van der Waals surface area contributed by atoms with Crippen LogP contribution in [0, 0.1) is 11.6 Å². The molecule has 0 amide bonds. The van der Waals surface area contributed by atoms with Crippen molar-refractivity contribution in [2.75, 3.05) is 6.86 Å². The van der Waals surface area contributed by atoms with Crippen LogP contribution in [-0.4, -0.2) is 6.86 Å². The highest BCUT2D eigenvalue weighted by atomic mass is 19.1. The number of ether oxygens (including phenoxy) is 1. The van der Waals surface area contributed by atoms with Gasteiger partial charge in [-0.15, -0.1) is 6.58 Å². The molecule has 0 heterocycles. The van der Waals surface area contributed by atoms with E-state index in [4.69, 9.17) is 0 Å². The van der Waals surface area contributed by atoms with Crippen LogP contribution >= 0.6 is 0 Å². The second kappa shape index (κ2) is 6.97. The summed E-state index contributed by atoms with van der Waals surface area (Å²) in [5, 5.41) is 0. The van der Waals surface area contributed by atoms with E-state index in [1.54, 1.807) is 12.1 Å². The molecule has 1 nitrogen and oxygen atoms in total. The molecule has 0 bridgehead atoms. The fourth-order valence-electron chi connectivity index (χ4n) is 2.05. The lowest BCUT2D eigenvalue weighted by Crippen LogP contribution is -1.97. The minimum Gasteiger partial charge on any atom is -0.457 e. The number of benzene rings is 2. The van der Waals surface area contributed by atoms with Crippen molar-refractivity contribution in [1.82, 2.24) is 0 Å². The molecule has 0 saturated carbocycles. The molecule has 0 unspecified atom stereocenters. The third-order valence-corrected chi connectivity index (χ3v) is 3.12. The van der Waals surface area contributed by atoms with Gasteiger partial charge >= 0.3 is 0 Å². The third-order valence-electron chi connectivity index (χ3n) is 3.12. The Bertz CT molecular complexity index is 597. The second-order valence-corrected chi connectivity index (χ2v) is 4.55. The molecular formula is C17H15F3O. The summed E-state index contributed by atoms with van der Waals surface area (Å²) in [7, 11) is 0. The van der Waals surface area contributed by atoms with Gasteiger partial charge in [-0.2, -0.15) is 0 Å². The molecule has 2 aromatic rings. The van der Waals surface area contributed by atoms with Crippen LogP contribution in [0.4, 0.5) is 13.2 Å². The van der Waals surface area contributed by atoms with Gasteiger partial charge in [0.2, 0.25) is 6.86 Å². The molecule has 21 heavy (non-hydrogen) atoms. The Kier molecular flexibility index (Phi) is 5.04. The lowest BCUT2D eigenvalue weighted by molar-refractivity contribution is 0.176. The zero-order valence-electron chi connectivity index (χ0n) is 11.4. The highest BCUT2D eigenvalue weighted by molar-refractivity contribution is 5.65. The van der Waals surface area contributed by atoms with Crippen LogP contribution in [0.2, 0.25) is 0 Å². The molecule has 0 aliphatic rings. The van der Waals surface area contributed by atoms with Gasteiger partial charge in [0.15, 0.2) is 17.4 Å². The predicted octanol–water partition coefficient (Wildman–Crippen LogP) is 5.06. The highest BCUT2D eigenvalue weighted by Crippen LogP contribution is 2.29. The fourth-order valence-corrected chi connectivity index (χ4v) is 2.05. The Labute approximate surface area is 121 Å². The first kappa shape index (κ1) is 15.2. The van der Waals surface area contributed by atoms with E-state index in [-0.39, 0.29) is 0 Å². The van der Waals surface area contributed by atoms with Crippen LogP contribution in [0.5, 0.6) is 5.75 Å². The van der Waals surface area contributed by atoms with Gasteiger partial charge in [-0.1, -0.05) is 30.3 Å². The minimum atomic E-state index is -1.27. The lowest BCUT2D eigenvalue weighted by atomic mass is 10.0. The average molecular weight is 292 g/mol. The first-order valence-electron chi connectivity index (χ1n) is 6.53. The summed E-state index contributed by atoms with van der Waals surface area (Å²) in [6.07, 6.45) is 3.58. The van der Waals surface area contributed by atoms with E-state index in [2.05, 4.69) is 11.3 Å². The summed E-state index contributed by atoms with van der Waals surface area (Å²) in [4.78, 5) is 0. The van der Waals surface area contributed by atoms with E-state index in [1.165, 1.54) is 0 Å². The monoisotopic (exact) mass is 292 g/mol. The molecule has 2 rings (SSSR count). The number of alkyl halides is 1. The number of aryl methyl sites for hydroxylation is 1. The first-order valence-corrected chi connectivity index (χ1v) is 6.53. The highest BCUT2D eigenvalue weighted by Gasteiger charge is 2.13. The summed E-state index contributed by atoms with van der Waals surface area (Å²) in [6.45, 7) is 2.39. The van der Waals surface area contributed by atoms with Crippen LogP contribution in [0.3, 0.4) is 0 Å². The van der Waals surface area contributed by atoms with Crippen molar-refractivity contribution in [2.45, 2.75) is 12.8 Å². The van der Waals surface area contributed by atoms with Crippen molar-refractivity contribution in [3.8, 4) is 16.9 Å². The number of hydrogen-bond acceptors (Lipinski definition) is 1. The fraction of sp³-hybridized carbons (Fsp3) is 0.176. The number of hydrogen-bond donors (Lipinski definition) is 0. The van der Waals surface area contributed by atoms with E-state index in [0.717, 1.165) is 30.5 Å². The van der Waals surface area contributed by atoms with Crippen LogP contribution < -0.4 is 4.74 Å². The van der Waals surface area contributed by atoms with Gasteiger partial charge in [-0.05, 0) is 41.7 Å². The second-order valence-electron chi connectivity index (χ2n) is 4.55. The molecule has 4 heteroatoms. The minimum absolute atomic E-state index is 0.381. The van der Waals surface area contributed by atoms with Gasteiger partial charge < -0.3 is 4.74 Å². The summed E-state index contributed by atoms with van der Waals surface area (Å²) >= 11 is 0. The maximum Gasteiger partial charge on any atom is 0.228 e. The molecule has 0 aliphatic heterocycles. The molecule has 0 radical (unpaired) electrons. The Morgan fingerprint density at radius 3 is 2.14 bits per heavy atom. The van der Waals surface area contributed by atoms with E-state index in [0.29, 0.717) is 11.1 Å². The molecule has 2 aromatic carbocycles. The van der Waals surface area contributed by atoms with Crippen LogP contribution in [-0.2, 0) is 6.42 Å². The molecule has 0 fully saturated rings. The largest absolute Gasteiger partial charge is 0.457 e. The normalized spacial score (nSPS) is 10.4. The predicted molar refractivity (Wildman–Crippen MR) is 76.9 cm³/mol. The summed E-state index contributed by atoms with van der Waals surface area (Å²) in [5.74, 6) is -2.53. The van der Waals surface area contributed by atoms with Crippen molar-refractivity contribution < 1.29 is 17.9 Å². The van der Waals surface area contributed by atoms with E-state index in [9.17, 15) is 13.2 Å². The molecule has 110 valence electrons. The van der Waals surface area contributed by atoms with E-state index >= 15 is 0 Å². The molecule has 0 spiro atoms. The van der Waals surface area contributed by atoms with Gasteiger partial charge in [0.1, 0.15) is 0 Å². The molecule has 0 N–H and O–H groups in total. The Morgan fingerprint density at radius 2 is 1.62 bits per heavy atom. The standard InChI is InChI=1S/C17H15F3O/c1-2-3-4-12-5-7-13(8-6-12)14-9-15(19)17(21-11-18)16(20)10-14/h2,5-10H,1,3-4,11H2. The molecule has 0 atom stereocenters. The van der Waals surface area contributed by atoms with Gasteiger partial charge in [-0.3, -0.25) is 0 Å². The SMILES string of the molecule is C=CCCc1ccc(-c2cc(F)c(OCF)c(F)c2)cc1. The van der Waals surface area contributed by atoms with Crippen LogP contribution in [0.1, 0.15) is 12.0 Å². The van der Waals surface area contributed by atoms with Crippen molar-refractivity contribution in [2.24, 2.45) is 0 Å². The molecular weight excluding hydrogens is 277 g/mol. The van der Waals surface area contributed by atoms with Gasteiger partial charge in [0.05, 0.1) is 0 Å². The zero-order valence-corrected chi connectivity index (χ0v) is 11.4. The molecule has 0 saturated heterocycles. The number of rotatable bonds is 6. The van der Waals surface area contributed by atoms with E-state index < -0.39 is 24.2 Å².